The Hall–Kier alpha value is -1.10. The summed E-state index contributed by atoms with van der Waals surface area (Å²) in [4.78, 5) is 4.09. The number of rotatable bonds is 3. The van der Waals surface area contributed by atoms with Gasteiger partial charge in [0.05, 0.1) is 11.1 Å². The predicted molar refractivity (Wildman–Crippen MR) is 78.7 cm³/mol. The number of nitrogens with zero attached hydrogens (tertiary/aromatic N) is 1. The van der Waals surface area contributed by atoms with Crippen LogP contribution in [0.2, 0.25) is 5.02 Å². The fourth-order valence-corrected chi connectivity index (χ4v) is 2.56. The Kier molecular flexibility index (Phi) is 4.22. The largest absolute Gasteiger partial charge is 0.383 e. The second kappa shape index (κ2) is 5.69. The van der Waals surface area contributed by atoms with Crippen LogP contribution in [0.3, 0.4) is 0 Å². The molecule has 1 unspecified atom stereocenters. The molecular formula is C13H13BrClN3. The SMILES string of the molecule is CNC(c1ccccc1Br)c1cc(Cl)cnc1N. The highest BCUT2D eigenvalue weighted by Gasteiger charge is 2.18. The smallest absolute Gasteiger partial charge is 0.128 e. The van der Waals surface area contributed by atoms with Crippen molar-refractivity contribution in [3.63, 3.8) is 0 Å². The highest BCUT2D eigenvalue weighted by atomic mass is 79.9. The lowest BCUT2D eigenvalue weighted by molar-refractivity contribution is 0.688. The maximum atomic E-state index is 5.99. The van der Waals surface area contributed by atoms with Gasteiger partial charge in [-0.2, -0.15) is 0 Å². The summed E-state index contributed by atoms with van der Waals surface area (Å²) in [6, 6.07) is 9.77. The Morgan fingerprint density at radius 1 is 1.33 bits per heavy atom. The topological polar surface area (TPSA) is 50.9 Å². The minimum atomic E-state index is -0.0493. The van der Waals surface area contributed by atoms with Crippen molar-refractivity contribution in [2.24, 2.45) is 0 Å². The second-order valence-electron chi connectivity index (χ2n) is 3.87. The molecule has 0 spiro atoms. The number of benzene rings is 1. The first-order valence-electron chi connectivity index (χ1n) is 5.46. The van der Waals surface area contributed by atoms with E-state index in [1.54, 1.807) is 6.20 Å². The Balaban J connectivity index is 2.52. The average Bonchev–Trinajstić information content (AvgIpc) is 2.36. The third kappa shape index (κ3) is 2.66. The van der Waals surface area contributed by atoms with Gasteiger partial charge in [-0.05, 0) is 24.7 Å². The number of hydrogen-bond acceptors (Lipinski definition) is 3. The van der Waals surface area contributed by atoms with E-state index in [1.807, 2.05) is 37.4 Å². The summed E-state index contributed by atoms with van der Waals surface area (Å²) in [6.07, 6.45) is 1.55. The molecule has 94 valence electrons. The number of nitrogens with two attached hydrogens (primary N) is 1. The summed E-state index contributed by atoms with van der Waals surface area (Å²) >= 11 is 9.53. The molecular weight excluding hydrogens is 314 g/mol. The average molecular weight is 327 g/mol. The molecule has 3 nitrogen and oxygen atoms in total. The van der Waals surface area contributed by atoms with Gasteiger partial charge in [0.2, 0.25) is 0 Å². The fraction of sp³-hybridized carbons (Fsp3) is 0.154. The first-order valence-corrected chi connectivity index (χ1v) is 6.63. The van der Waals surface area contributed by atoms with Gasteiger partial charge in [-0.1, -0.05) is 45.7 Å². The molecule has 18 heavy (non-hydrogen) atoms. The van der Waals surface area contributed by atoms with E-state index in [9.17, 15) is 0 Å². The second-order valence-corrected chi connectivity index (χ2v) is 5.16. The lowest BCUT2D eigenvalue weighted by Gasteiger charge is -2.20. The minimum Gasteiger partial charge on any atom is -0.383 e. The lowest BCUT2D eigenvalue weighted by atomic mass is 9.99. The summed E-state index contributed by atoms with van der Waals surface area (Å²) in [7, 11) is 1.88. The number of anilines is 1. The first-order chi connectivity index (χ1) is 8.63. The van der Waals surface area contributed by atoms with Crippen LogP contribution in [0.25, 0.3) is 0 Å². The van der Waals surface area contributed by atoms with Gasteiger partial charge < -0.3 is 11.1 Å². The lowest BCUT2D eigenvalue weighted by Crippen LogP contribution is -2.20. The van der Waals surface area contributed by atoms with Crippen molar-refractivity contribution >= 4 is 33.3 Å². The van der Waals surface area contributed by atoms with Gasteiger partial charge in [-0.25, -0.2) is 4.98 Å². The van der Waals surface area contributed by atoms with E-state index in [1.165, 1.54) is 0 Å². The number of hydrogen-bond donors (Lipinski definition) is 2. The minimum absolute atomic E-state index is 0.0493. The van der Waals surface area contributed by atoms with Crippen LogP contribution in [0, 0.1) is 0 Å². The Labute approximate surface area is 119 Å². The number of pyridine rings is 1. The number of nitrogens with one attached hydrogen (secondary N) is 1. The molecule has 1 aromatic carbocycles. The number of nitrogen functional groups attached to an aromatic ring is 1. The Bertz CT molecular complexity index is 560. The summed E-state index contributed by atoms with van der Waals surface area (Å²) < 4.78 is 1.02. The van der Waals surface area contributed by atoms with E-state index in [2.05, 4.69) is 26.2 Å². The molecule has 0 saturated carbocycles. The fourth-order valence-electron chi connectivity index (χ4n) is 1.88. The molecule has 5 heteroatoms. The van der Waals surface area contributed by atoms with Gasteiger partial charge in [-0.15, -0.1) is 0 Å². The third-order valence-corrected chi connectivity index (χ3v) is 3.66. The van der Waals surface area contributed by atoms with Gasteiger partial charge in [0.1, 0.15) is 5.82 Å². The molecule has 2 aromatic rings. The van der Waals surface area contributed by atoms with Crippen LogP contribution < -0.4 is 11.1 Å². The first kappa shape index (κ1) is 13.3. The highest BCUT2D eigenvalue weighted by molar-refractivity contribution is 9.10. The normalized spacial score (nSPS) is 12.4. The van der Waals surface area contributed by atoms with Crippen molar-refractivity contribution in [1.29, 1.82) is 0 Å². The summed E-state index contributed by atoms with van der Waals surface area (Å²) in [6.45, 7) is 0. The summed E-state index contributed by atoms with van der Waals surface area (Å²) in [5.74, 6) is 0.481. The predicted octanol–water partition coefficient (Wildman–Crippen LogP) is 3.39. The number of aromatic nitrogens is 1. The quantitative estimate of drug-likeness (QED) is 0.909. The number of halogens is 2. The molecule has 2 rings (SSSR count). The zero-order valence-corrected chi connectivity index (χ0v) is 12.2. The molecule has 0 aliphatic carbocycles. The molecule has 0 fully saturated rings. The van der Waals surface area contributed by atoms with Crippen molar-refractivity contribution in [3.8, 4) is 0 Å². The van der Waals surface area contributed by atoms with E-state index in [4.69, 9.17) is 17.3 Å². The van der Waals surface area contributed by atoms with Crippen LogP contribution in [0.15, 0.2) is 41.0 Å². The Morgan fingerprint density at radius 2 is 2.06 bits per heavy atom. The zero-order chi connectivity index (χ0) is 13.1. The van der Waals surface area contributed by atoms with Crippen LogP contribution in [0.1, 0.15) is 17.2 Å². The molecule has 0 aliphatic heterocycles. The van der Waals surface area contributed by atoms with E-state index in [-0.39, 0.29) is 6.04 Å². The molecule has 1 aromatic heterocycles. The zero-order valence-electron chi connectivity index (χ0n) is 9.82. The van der Waals surface area contributed by atoms with Gasteiger partial charge in [0.25, 0.3) is 0 Å². The molecule has 1 atom stereocenters. The van der Waals surface area contributed by atoms with Crippen molar-refractivity contribution in [2.45, 2.75) is 6.04 Å². The third-order valence-electron chi connectivity index (χ3n) is 2.73. The molecule has 1 heterocycles. The van der Waals surface area contributed by atoms with Crippen molar-refractivity contribution in [1.82, 2.24) is 10.3 Å². The van der Waals surface area contributed by atoms with Gasteiger partial charge in [0, 0.05) is 16.2 Å². The maximum Gasteiger partial charge on any atom is 0.128 e. The monoisotopic (exact) mass is 325 g/mol. The molecule has 0 aliphatic rings. The highest BCUT2D eigenvalue weighted by Crippen LogP contribution is 2.31. The molecule has 0 bridgehead atoms. The van der Waals surface area contributed by atoms with Crippen molar-refractivity contribution < 1.29 is 0 Å². The summed E-state index contributed by atoms with van der Waals surface area (Å²) in [5.41, 5.74) is 7.89. The van der Waals surface area contributed by atoms with E-state index in [0.717, 1.165) is 15.6 Å². The van der Waals surface area contributed by atoms with Gasteiger partial charge in [-0.3, -0.25) is 0 Å². The Morgan fingerprint density at radius 3 is 2.72 bits per heavy atom. The van der Waals surface area contributed by atoms with Gasteiger partial charge in [0.15, 0.2) is 0 Å². The molecule has 3 N–H and O–H groups in total. The molecule has 0 saturated heterocycles. The van der Waals surface area contributed by atoms with Crippen LogP contribution in [-0.2, 0) is 0 Å². The maximum absolute atomic E-state index is 5.99. The van der Waals surface area contributed by atoms with E-state index >= 15 is 0 Å². The van der Waals surface area contributed by atoms with E-state index in [0.29, 0.717) is 10.8 Å². The van der Waals surface area contributed by atoms with Gasteiger partial charge >= 0.3 is 0 Å². The van der Waals surface area contributed by atoms with Crippen molar-refractivity contribution in [2.75, 3.05) is 12.8 Å². The van der Waals surface area contributed by atoms with Crippen molar-refractivity contribution in [3.05, 3.63) is 57.2 Å². The molecule has 0 radical (unpaired) electrons. The van der Waals surface area contributed by atoms with Crippen LogP contribution in [0.4, 0.5) is 5.82 Å². The van der Waals surface area contributed by atoms with Crippen LogP contribution in [0.5, 0.6) is 0 Å². The molecule has 0 amide bonds. The van der Waals surface area contributed by atoms with Crippen LogP contribution in [-0.4, -0.2) is 12.0 Å². The summed E-state index contributed by atoms with van der Waals surface area (Å²) in [5, 5.41) is 3.81. The van der Waals surface area contributed by atoms with E-state index < -0.39 is 0 Å². The standard InChI is InChI=1S/C13H13BrClN3/c1-17-12(9-4-2-3-5-11(9)14)10-6-8(15)7-18-13(10)16/h2-7,12,17H,1H3,(H2,16,18). The van der Waals surface area contributed by atoms with Crippen LogP contribution >= 0.6 is 27.5 Å².